The highest BCUT2D eigenvalue weighted by Crippen LogP contribution is 2.35. The Labute approximate surface area is 196 Å². The number of amides is 1. The van der Waals surface area contributed by atoms with Crippen molar-refractivity contribution in [2.24, 2.45) is 5.10 Å². The molecule has 9 heteroatoms. The molecule has 3 atom stereocenters. The smallest absolute Gasteiger partial charge is 0.230 e. The van der Waals surface area contributed by atoms with Gasteiger partial charge in [-0.1, -0.05) is 65.3 Å². The van der Waals surface area contributed by atoms with Crippen LogP contribution in [-0.2, 0) is 11.3 Å². The third-order valence-electron chi connectivity index (χ3n) is 5.92. The van der Waals surface area contributed by atoms with Gasteiger partial charge in [-0.15, -0.1) is 0 Å². The molecule has 0 aliphatic carbocycles. The minimum absolute atomic E-state index is 0.0271. The van der Waals surface area contributed by atoms with Crippen LogP contribution in [0.15, 0.2) is 66.0 Å². The van der Waals surface area contributed by atoms with Crippen LogP contribution in [0.5, 0.6) is 0 Å². The Morgan fingerprint density at radius 1 is 1.19 bits per heavy atom. The number of hydrogen-bond acceptors (Lipinski definition) is 7. The van der Waals surface area contributed by atoms with Gasteiger partial charge in [0.2, 0.25) is 5.91 Å². The molecular weight excluding hydrogens is 444 g/mol. The zero-order valence-electron chi connectivity index (χ0n) is 17.7. The molecule has 0 saturated carbocycles. The lowest BCUT2D eigenvalue weighted by atomic mass is 9.99. The maximum absolute atomic E-state index is 12.3. The summed E-state index contributed by atoms with van der Waals surface area (Å²) in [6, 6.07) is 16.7. The third kappa shape index (κ3) is 4.44. The maximum Gasteiger partial charge on any atom is 0.230 e. The van der Waals surface area contributed by atoms with E-state index in [0.717, 1.165) is 17.2 Å². The van der Waals surface area contributed by atoms with Gasteiger partial charge in [0.15, 0.2) is 5.17 Å². The van der Waals surface area contributed by atoms with E-state index < -0.39 is 0 Å². The van der Waals surface area contributed by atoms with E-state index in [9.17, 15) is 4.79 Å². The summed E-state index contributed by atoms with van der Waals surface area (Å²) in [6.45, 7) is 2.59. The second kappa shape index (κ2) is 9.05. The summed E-state index contributed by atoms with van der Waals surface area (Å²) in [7, 11) is 0. The molecule has 7 nitrogen and oxygen atoms in total. The summed E-state index contributed by atoms with van der Waals surface area (Å²) in [5, 5.41) is 11.1. The van der Waals surface area contributed by atoms with Crippen LogP contribution < -0.4 is 16.2 Å². The van der Waals surface area contributed by atoms with Crippen molar-refractivity contribution in [3.63, 3.8) is 0 Å². The highest BCUT2D eigenvalue weighted by Gasteiger charge is 2.44. The number of carbonyl (C=O) groups is 1. The molecule has 0 spiro atoms. The molecule has 2 aromatic carbocycles. The number of thioether (sulfide) groups is 1. The van der Waals surface area contributed by atoms with E-state index >= 15 is 0 Å². The van der Waals surface area contributed by atoms with Crippen LogP contribution in [0.4, 0.5) is 0 Å². The average Bonchev–Trinajstić information content (AvgIpc) is 3.41. The van der Waals surface area contributed by atoms with E-state index in [1.165, 1.54) is 22.9 Å². The fourth-order valence-electron chi connectivity index (χ4n) is 4.15. The number of hydrogen-bond donors (Lipinski definition) is 3. The fourth-order valence-corrected chi connectivity index (χ4v) is 5.08. The second-order valence-corrected chi connectivity index (χ2v) is 9.55. The molecule has 0 aromatic heterocycles. The number of rotatable bonds is 5. The molecule has 1 saturated heterocycles. The van der Waals surface area contributed by atoms with E-state index in [1.54, 1.807) is 0 Å². The van der Waals surface area contributed by atoms with E-state index in [2.05, 4.69) is 68.6 Å². The van der Waals surface area contributed by atoms with Crippen molar-refractivity contribution in [2.75, 3.05) is 5.75 Å². The van der Waals surface area contributed by atoms with Gasteiger partial charge in [-0.2, -0.15) is 5.10 Å². The number of nitrogens with one attached hydrogen (secondary N) is 3. The maximum atomic E-state index is 12.3. The second-order valence-electron chi connectivity index (χ2n) is 8.17. The molecule has 3 aliphatic heterocycles. The summed E-state index contributed by atoms with van der Waals surface area (Å²) in [6.07, 6.45) is 5.08. The molecule has 3 heterocycles. The van der Waals surface area contributed by atoms with Crippen LogP contribution in [0.25, 0.3) is 0 Å². The molecule has 3 aliphatic rings. The molecule has 0 bridgehead atoms. The molecule has 1 amide bonds. The van der Waals surface area contributed by atoms with Gasteiger partial charge in [0.1, 0.15) is 6.17 Å². The van der Waals surface area contributed by atoms with Gasteiger partial charge < -0.3 is 15.2 Å². The van der Waals surface area contributed by atoms with Crippen molar-refractivity contribution in [2.45, 2.75) is 38.1 Å². The minimum Gasteiger partial charge on any atom is -0.351 e. The zero-order valence-corrected chi connectivity index (χ0v) is 19.2. The Kier molecular flexibility index (Phi) is 5.99. The SMILES string of the molecule is Cc1ccc(C2CC3C4NN=C(SCC(=O)NCc5ccc(Cl)cc5)N4C=CN3N2)cc1. The summed E-state index contributed by atoms with van der Waals surface area (Å²) < 4.78 is 0. The topological polar surface area (TPSA) is 72.0 Å². The Morgan fingerprint density at radius 3 is 2.75 bits per heavy atom. The molecule has 166 valence electrons. The predicted octanol–water partition coefficient (Wildman–Crippen LogP) is 3.31. The lowest BCUT2D eigenvalue weighted by molar-refractivity contribution is -0.118. The van der Waals surface area contributed by atoms with Crippen LogP contribution in [0.3, 0.4) is 0 Å². The molecule has 2 aromatic rings. The van der Waals surface area contributed by atoms with Crippen LogP contribution >= 0.6 is 23.4 Å². The minimum atomic E-state index is -0.0271. The van der Waals surface area contributed by atoms with Gasteiger partial charge in [-0.25, -0.2) is 5.43 Å². The number of halogens is 1. The number of hydrazone groups is 1. The first kappa shape index (κ1) is 21.2. The fraction of sp³-hybridized carbons (Fsp3) is 0.304. The van der Waals surface area contributed by atoms with Gasteiger partial charge in [-0.05, 0) is 36.6 Å². The van der Waals surface area contributed by atoms with Crippen LogP contribution in [0.2, 0.25) is 5.02 Å². The van der Waals surface area contributed by atoms with Crippen LogP contribution in [0, 0.1) is 6.92 Å². The first-order chi connectivity index (χ1) is 15.6. The van der Waals surface area contributed by atoms with Gasteiger partial charge in [0.25, 0.3) is 0 Å². The predicted molar refractivity (Wildman–Crippen MR) is 128 cm³/mol. The van der Waals surface area contributed by atoms with Gasteiger partial charge in [0.05, 0.1) is 17.8 Å². The Hall–Kier alpha value is -2.68. The molecule has 3 unspecified atom stereocenters. The standard InChI is InChI=1S/C23H25ClN6OS/c1-15-2-6-17(7-3-15)19-12-20-22-26-27-23(29(22)10-11-30(20)28-19)32-14-21(31)25-13-16-4-8-18(24)9-5-16/h2-11,19-20,22,26,28H,12-14H2,1H3,(H,25,31). The molecule has 32 heavy (non-hydrogen) atoms. The number of amidine groups is 1. The van der Waals surface area contributed by atoms with Crippen molar-refractivity contribution in [3.05, 3.63) is 82.6 Å². The lowest BCUT2D eigenvalue weighted by Crippen LogP contribution is -2.54. The molecule has 5 rings (SSSR count). The quantitative estimate of drug-likeness (QED) is 0.625. The Balaban J connectivity index is 1.14. The van der Waals surface area contributed by atoms with Crippen molar-refractivity contribution in [3.8, 4) is 0 Å². The highest BCUT2D eigenvalue weighted by atomic mass is 35.5. The molecular formula is C23H25ClN6OS. The summed E-state index contributed by atoms with van der Waals surface area (Å²) >= 11 is 7.34. The van der Waals surface area contributed by atoms with Gasteiger partial charge >= 0.3 is 0 Å². The van der Waals surface area contributed by atoms with Gasteiger partial charge in [0, 0.05) is 24.0 Å². The number of fused-ring (bicyclic) bond motifs is 3. The number of carbonyl (C=O) groups excluding carboxylic acids is 1. The Morgan fingerprint density at radius 2 is 1.97 bits per heavy atom. The Bertz CT molecular complexity index is 1040. The number of hydrazine groups is 1. The number of aryl methyl sites for hydroxylation is 1. The highest BCUT2D eigenvalue weighted by molar-refractivity contribution is 8.14. The normalized spacial score (nSPS) is 23.4. The molecule has 3 N–H and O–H groups in total. The average molecular weight is 469 g/mol. The molecule has 1 fully saturated rings. The zero-order chi connectivity index (χ0) is 22.1. The molecule has 0 radical (unpaired) electrons. The van der Waals surface area contributed by atoms with E-state index in [0.29, 0.717) is 17.3 Å². The van der Waals surface area contributed by atoms with Crippen molar-refractivity contribution >= 4 is 34.4 Å². The summed E-state index contributed by atoms with van der Waals surface area (Å²) in [5.41, 5.74) is 10.4. The lowest BCUT2D eigenvalue weighted by Gasteiger charge is -2.36. The van der Waals surface area contributed by atoms with Crippen molar-refractivity contribution in [1.29, 1.82) is 0 Å². The van der Waals surface area contributed by atoms with E-state index in [1.807, 2.05) is 30.5 Å². The summed E-state index contributed by atoms with van der Waals surface area (Å²) in [4.78, 5) is 14.4. The monoisotopic (exact) mass is 468 g/mol. The largest absolute Gasteiger partial charge is 0.351 e. The third-order valence-corrected chi connectivity index (χ3v) is 7.14. The van der Waals surface area contributed by atoms with Crippen molar-refractivity contribution < 1.29 is 4.79 Å². The van der Waals surface area contributed by atoms with Crippen LogP contribution in [0.1, 0.15) is 29.2 Å². The summed E-state index contributed by atoms with van der Waals surface area (Å²) in [5.74, 6) is 0.282. The van der Waals surface area contributed by atoms with Gasteiger partial charge in [-0.3, -0.25) is 10.2 Å². The first-order valence-electron chi connectivity index (χ1n) is 10.6. The van der Waals surface area contributed by atoms with Crippen LogP contribution in [-0.4, -0.2) is 38.9 Å². The number of benzene rings is 2. The number of nitrogens with zero attached hydrogens (tertiary/aromatic N) is 3. The first-order valence-corrected chi connectivity index (χ1v) is 12.0. The van der Waals surface area contributed by atoms with E-state index in [4.69, 9.17) is 11.6 Å². The van der Waals surface area contributed by atoms with Crippen molar-refractivity contribution in [1.82, 2.24) is 26.1 Å². The van der Waals surface area contributed by atoms with E-state index in [-0.39, 0.29) is 24.2 Å².